The summed E-state index contributed by atoms with van der Waals surface area (Å²) in [6, 6.07) is 0. The van der Waals surface area contributed by atoms with Gasteiger partial charge in [-0.3, -0.25) is 13.9 Å². The van der Waals surface area contributed by atoms with Crippen molar-refractivity contribution in [2.45, 2.75) is 18.7 Å². The average Bonchev–Trinajstić information content (AvgIpc) is 3.11. The summed E-state index contributed by atoms with van der Waals surface area (Å²) in [5.74, 6) is -0.788. The molecule has 3 rings (SSSR count). The van der Waals surface area contributed by atoms with Crippen LogP contribution in [0.5, 0.6) is 0 Å². The van der Waals surface area contributed by atoms with Crippen molar-refractivity contribution in [3.63, 3.8) is 0 Å². The Balaban J connectivity index is 1.84. The Hall–Kier alpha value is -2.17. The summed E-state index contributed by atoms with van der Waals surface area (Å²) in [4.78, 5) is 16.9. The topological polar surface area (TPSA) is 98.4 Å². The fraction of sp³-hybridized carbons (Fsp3) is 0.214. The van der Waals surface area contributed by atoms with Gasteiger partial charge in [0, 0.05) is 24.7 Å². The number of imidazole rings is 1. The van der Waals surface area contributed by atoms with Crippen molar-refractivity contribution in [2.24, 2.45) is 7.05 Å². The van der Waals surface area contributed by atoms with Crippen molar-refractivity contribution in [2.75, 3.05) is 0 Å². The molecule has 25 heavy (non-hydrogen) atoms. The van der Waals surface area contributed by atoms with E-state index in [4.69, 9.17) is 11.6 Å². The van der Waals surface area contributed by atoms with E-state index in [0.29, 0.717) is 22.0 Å². The molecule has 3 heterocycles. The zero-order chi connectivity index (χ0) is 18.4. The van der Waals surface area contributed by atoms with Gasteiger partial charge in [0.05, 0.1) is 17.1 Å². The third-order valence-corrected chi connectivity index (χ3v) is 6.23. The van der Waals surface area contributed by atoms with Crippen molar-refractivity contribution in [1.82, 2.24) is 23.9 Å². The van der Waals surface area contributed by atoms with Gasteiger partial charge in [-0.1, -0.05) is 11.6 Å². The Bertz CT molecular complexity index is 1110. The Morgan fingerprint density at radius 2 is 2.12 bits per heavy atom. The van der Waals surface area contributed by atoms with Crippen LogP contribution < -0.4 is 4.72 Å². The number of thiazole rings is 1. The summed E-state index contributed by atoms with van der Waals surface area (Å²) >= 11 is 7.43. The fourth-order valence-electron chi connectivity index (χ4n) is 2.44. The number of halogens is 1. The first-order chi connectivity index (χ1) is 11.7. The zero-order valence-corrected chi connectivity index (χ0v) is 15.9. The number of fused-ring (bicyclic) bond motifs is 1. The first-order valence-corrected chi connectivity index (χ1v) is 9.81. The number of amides is 1. The van der Waals surface area contributed by atoms with E-state index in [1.807, 2.05) is 10.1 Å². The molecule has 0 radical (unpaired) electrons. The largest absolute Gasteiger partial charge is 0.289 e. The molecule has 11 heteroatoms. The van der Waals surface area contributed by atoms with Crippen LogP contribution in [-0.2, 0) is 21.9 Å². The summed E-state index contributed by atoms with van der Waals surface area (Å²) in [7, 11) is -2.38. The molecule has 0 saturated carbocycles. The van der Waals surface area contributed by atoms with Crippen LogP contribution in [0.25, 0.3) is 11.0 Å². The monoisotopic (exact) mass is 399 g/mol. The highest BCUT2D eigenvalue weighted by molar-refractivity contribution is 7.90. The van der Waals surface area contributed by atoms with Gasteiger partial charge in [0.25, 0.3) is 15.9 Å². The molecule has 132 valence electrons. The van der Waals surface area contributed by atoms with E-state index < -0.39 is 15.9 Å². The molecule has 0 saturated heterocycles. The standard InChI is InChI=1S/C14H14ClN5O3S2/c1-8-12(9(2)19(3)17-8)25(22,23)18-11(21)5-4-10-13(15)16-14-20(10)6-7-24-14/h4-7H,1-3H3,(H,18,21)/b5-4+. The molecule has 0 atom stereocenters. The maximum Gasteiger partial charge on any atom is 0.267 e. The van der Waals surface area contributed by atoms with Crippen LogP contribution in [-0.4, -0.2) is 33.5 Å². The summed E-state index contributed by atoms with van der Waals surface area (Å²) in [6.45, 7) is 3.19. The Morgan fingerprint density at radius 3 is 2.76 bits per heavy atom. The number of hydrogen-bond donors (Lipinski definition) is 1. The second-order valence-corrected chi connectivity index (χ2v) is 8.12. The van der Waals surface area contributed by atoms with Crippen molar-refractivity contribution in [1.29, 1.82) is 0 Å². The fourth-order valence-corrected chi connectivity index (χ4v) is 4.83. The number of sulfonamides is 1. The minimum absolute atomic E-state index is 0.000592. The summed E-state index contributed by atoms with van der Waals surface area (Å²) < 4.78 is 30.0. The minimum Gasteiger partial charge on any atom is -0.289 e. The summed E-state index contributed by atoms with van der Waals surface area (Å²) in [5.41, 5.74) is 1.27. The van der Waals surface area contributed by atoms with Crippen LogP contribution in [0.15, 0.2) is 22.5 Å². The Labute approximate surface area is 152 Å². The highest BCUT2D eigenvalue weighted by Gasteiger charge is 2.25. The van der Waals surface area contributed by atoms with Crippen LogP contribution in [0.4, 0.5) is 0 Å². The van der Waals surface area contributed by atoms with Gasteiger partial charge in [-0.2, -0.15) is 5.10 Å². The summed E-state index contributed by atoms with van der Waals surface area (Å²) in [5, 5.41) is 6.11. The maximum atomic E-state index is 12.4. The molecule has 0 fully saturated rings. The quantitative estimate of drug-likeness (QED) is 0.676. The lowest BCUT2D eigenvalue weighted by atomic mass is 10.4. The number of aryl methyl sites for hydroxylation is 2. The van der Waals surface area contributed by atoms with Gasteiger partial charge in [-0.05, 0) is 19.9 Å². The molecule has 0 aliphatic carbocycles. The van der Waals surface area contributed by atoms with E-state index in [9.17, 15) is 13.2 Å². The van der Waals surface area contributed by atoms with Crippen LogP contribution in [0.3, 0.4) is 0 Å². The molecular formula is C14H14ClN5O3S2. The van der Waals surface area contributed by atoms with Gasteiger partial charge < -0.3 is 0 Å². The molecule has 0 bridgehead atoms. The first-order valence-electron chi connectivity index (χ1n) is 7.07. The molecule has 3 aromatic rings. The molecule has 0 spiro atoms. The third kappa shape index (κ3) is 3.20. The van der Waals surface area contributed by atoms with Gasteiger partial charge in [-0.15, -0.1) is 11.3 Å². The predicted molar refractivity (Wildman–Crippen MR) is 95.1 cm³/mol. The highest BCUT2D eigenvalue weighted by atomic mass is 35.5. The molecule has 1 N–H and O–H groups in total. The molecule has 8 nitrogen and oxygen atoms in total. The molecule has 0 aliphatic rings. The lowest BCUT2D eigenvalue weighted by molar-refractivity contribution is -0.114. The lowest BCUT2D eigenvalue weighted by Crippen LogP contribution is -2.29. The number of nitrogens with zero attached hydrogens (tertiary/aromatic N) is 4. The molecule has 1 amide bonds. The van der Waals surface area contributed by atoms with Crippen molar-refractivity contribution >= 4 is 49.9 Å². The molecule has 3 aromatic heterocycles. The van der Waals surface area contributed by atoms with Crippen molar-refractivity contribution < 1.29 is 13.2 Å². The Kier molecular flexibility index (Phi) is 4.43. The van der Waals surface area contributed by atoms with Crippen molar-refractivity contribution in [3.8, 4) is 0 Å². The smallest absolute Gasteiger partial charge is 0.267 e. The van der Waals surface area contributed by atoms with E-state index >= 15 is 0 Å². The average molecular weight is 400 g/mol. The molecule has 0 aliphatic heterocycles. The van der Waals surface area contributed by atoms with E-state index in [2.05, 4.69) is 10.1 Å². The SMILES string of the molecule is Cc1nn(C)c(C)c1S(=O)(=O)NC(=O)/C=C/c1c(Cl)nc2sccn12. The maximum absolute atomic E-state index is 12.4. The second-order valence-electron chi connectivity index (χ2n) is 5.27. The van der Waals surface area contributed by atoms with Crippen LogP contribution >= 0.6 is 22.9 Å². The molecule has 0 unspecified atom stereocenters. The number of nitrogens with one attached hydrogen (secondary N) is 1. The summed E-state index contributed by atoms with van der Waals surface area (Å²) in [6.07, 6.45) is 4.28. The van der Waals surface area contributed by atoms with E-state index in [0.717, 1.165) is 6.08 Å². The molecule has 0 aromatic carbocycles. The highest BCUT2D eigenvalue weighted by Crippen LogP contribution is 2.22. The third-order valence-electron chi connectivity index (χ3n) is 3.59. The van der Waals surface area contributed by atoms with Gasteiger partial charge in [0.15, 0.2) is 10.1 Å². The first kappa shape index (κ1) is 17.6. The lowest BCUT2D eigenvalue weighted by Gasteiger charge is -2.05. The van der Waals surface area contributed by atoms with Crippen LogP contribution in [0.2, 0.25) is 5.15 Å². The van der Waals surface area contributed by atoms with Gasteiger partial charge in [-0.25, -0.2) is 18.1 Å². The second kappa shape index (κ2) is 6.28. The van der Waals surface area contributed by atoms with E-state index in [1.165, 1.54) is 22.1 Å². The number of rotatable bonds is 4. The normalized spacial score (nSPS) is 12.3. The number of carbonyl (C=O) groups is 1. The van der Waals surface area contributed by atoms with E-state index in [-0.39, 0.29) is 10.0 Å². The molecular weight excluding hydrogens is 386 g/mol. The number of carbonyl (C=O) groups excluding carboxylic acids is 1. The van der Waals surface area contributed by atoms with Crippen LogP contribution in [0.1, 0.15) is 17.1 Å². The zero-order valence-electron chi connectivity index (χ0n) is 13.5. The van der Waals surface area contributed by atoms with Crippen LogP contribution in [0, 0.1) is 13.8 Å². The number of aromatic nitrogens is 4. The van der Waals surface area contributed by atoms with E-state index in [1.54, 1.807) is 31.5 Å². The minimum atomic E-state index is -4.02. The predicted octanol–water partition coefficient (Wildman–Crippen LogP) is 1.92. The van der Waals surface area contributed by atoms with Gasteiger partial charge in [0.2, 0.25) is 0 Å². The Morgan fingerprint density at radius 1 is 1.40 bits per heavy atom. The number of hydrogen-bond acceptors (Lipinski definition) is 6. The van der Waals surface area contributed by atoms with Crippen molar-refractivity contribution in [3.05, 3.63) is 39.9 Å². The van der Waals surface area contributed by atoms with Gasteiger partial charge >= 0.3 is 0 Å². The van der Waals surface area contributed by atoms with Gasteiger partial charge in [0.1, 0.15) is 4.90 Å².